The van der Waals surface area contributed by atoms with E-state index in [2.05, 4.69) is 17.7 Å². The summed E-state index contributed by atoms with van der Waals surface area (Å²) in [5.41, 5.74) is 1.71. The van der Waals surface area contributed by atoms with Crippen LogP contribution in [-0.4, -0.2) is 78.4 Å². The number of rotatable bonds is 8. The minimum absolute atomic E-state index is 0.0128. The molecule has 0 aromatic heterocycles. The maximum Gasteiger partial charge on any atom is 0.410 e. The summed E-state index contributed by atoms with van der Waals surface area (Å²) in [6.07, 6.45) is 8.19. The standard InChI is InChI=1S/C40H55N3O9S/c1-3-28-21-40(28,37(47)41-53(49,50)30-14-15-30)22-34(44)33-19-29-24-43(33)36(46)32(39(2)16-7-5-8-17-39)20-35(45)51-18-9-4-6-11-26-12-10-13-27-23-42(25-31(26)27)38(48)52-29/h10,12-13,28-30,32-33H,3-9,11,14-25H2,1-2H3,(H,41,47)/t28-,29-,32-,33+,40-/m1/s1. The fourth-order valence-corrected chi connectivity index (χ4v) is 11.0. The molecule has 4 bridgehead atoms. The first kappa shape index (κ1) is 37.8. The number of ether oxygens (including phenoxy) is 2. The number of hydrogen-bond donors (Lipinski definition) is 1. The summed E-state index contributed by atoms with van der Waals surface area (Å²) in [6.45, 7) is 5.05. The smallest absolute Gasteiger partial charge is 0.410 e. The Kier molecular flexibility index (Phi) is 10.7. The summed E-state index contributed by atoms with van der Waals surface area (Å²) in [6, 6.07) is 5.13. The van der Waals surface area contributed by atoms with E-state index in [1.165, 1.54) is 10.5 Å². The van der Waals surface area contributed by atoms with E-state index >= 15 is 0 Å². The fourth-order valence-electron chi connectivity index (χ4n) is 9.66. The van der Waals surface area contributed by atoms with Gasteiger partial charge in [-0.3, -0.25) is 28.8 Å². The number of sulfonamides is 1. The fraction of sp³-hybridized carbons (Fsp3) is 0.725. The SMILES string of the molecule is CC[C@@H]1C[C@]1(CC(=O)[C@@H]1C[C@@H]2CN1C(=O)[C@H](C1(C)CCCCC1)CC(=O)OCCCCCc1cccc3c1CN(C3)C(=O)O2)C(=O)NS(=O)(=O)C1CC1. The van der Waals surface area contributed by atoms with Crippen LogP contribution >= 0.6 is 0 Å². The number of nitrogens with zero attached hydrogens (tertiary/aromatic N) is 2. The number of esters is 1. The molecule has 6 aliphatic rings. The van der Waals surface area contributed by atoms with Gasteiger partial charge >= 0.3 is 12.1 Å². The number of amides is 3. The van der Waals surface area contributed by atoms with Crippen LogP contribution in [0, 0.1) is 22.7 Å². The summed E-state index contributed by atoms with van der Waals surface area (Å²) in [4.78, 5) is 73.3. The summed E-state index contributed by atoms with van der Waals surface area (Å²) in [5.74, 6) is -2.69. The molecule has 3 amide bonds. The lowest BCUT2D eigenvalue weighted by atomic mass is 9.65. The second kappa shape index (κ2) is 15.0. The number of carbonyl (C=O) groups excluding carboxylic acids is 5. The molecule has 3 saturated carbocycles. The van der Waals surface area contributed by atoms with Gasteiger partial charge in [-0.05, 0) is 85.8 Å². The van der Waals surface area contributed by atoms with E-state index in [-0.39, 0.29) is 50.0 Å². The molecule has 53 heavy (non-hydrogen) atoms. The highest BCUT2D eigenvalue weighted by molar-refractivity contribution is 7.90. The van der Waals surface area contributed by atoms with Gasteiger partial charge in [0.2, 0.25) is 21.8 Å². The molecule has 0 radical (unpaired) electrons. The number of hydrogen-bond acceptors (Lipinski definition) is 9. The first-order valence-electron chi connectivity index (χ1n) is 19.9. The third-order valence-electron chi connectivity index (χ3n) is 13.2. The van der Waals surface area contributed by atoms with Gasteiger partial charge in [0, 0.05) is 25.9 Å². The van der Waals surface area contributed by atoms with Gasteiger partial charge in [-0.15, -0.1) is 0 Å². The quantitative estimate of drug-likeness (QED) is 0.347. The van der Waals surface area contributed by atoms with Crippen molar-refractivity contribution in [2.75, 3.05) is 13.2 Å². The molecule has 4 fully saturated rings. The zero-order valence-corrected chi connectivity index (χ0v) is 32.1. The first-order chi connectivity index (χ1) is 25.3. The first-order valence-corrected chi connectivity index (χ1v) is 21.5. The van der Waals surface area contributed by atoms with E-state index in [0.29, 0.717) is 45.2 Å². The predicted octanol–water partition coefficient (Wildman–Crippen LogP) is 5.34. The van der Waals surface area contributed by atoms with Crippen LogP contribution in [0.2, 0.25) is 0 Å². The van der Waals surface area contributed by atoms with Gasteiger partial charge in [0.25, 0.3) is 0 Å². The number of fused-ring (bicyclic) bond motifs is 3. The molecular weight excluding hydrogens is 699 g/mol. The maximum absolute atomic E-state index is 14.9. The molecule has 3 aliphatic carbocycles. The molecule has 0 unspecified atom stereocenters. The molecular formula is C40H55N3O9S. The number of benzene rings is 1. The Hall–Kier alpha value is -3.48. The molecule has 12 nitrogen and oxygen atoms in total. The van der Waals surface area contributed by atoms with E-state index < -0.39 is 62.1 Å². The molecule has 1 aromatic rings. The van der Waals surface area contributed by atoms with Crippen LogP contribution < -0.4 is 4.72 Å². The Bertz CT molecular complexity index is 1740. The van der Waals surface area contributed by atoms with Crippen molar-refractivity contribution < 1.29 is 41.9 Å². The number of nitrogens with one attached hydrogen (secondary N) is 1. The van der Waals surface area contributed by atoms with Gasteiger partial charge in [-0.1, -0.05) is 57.7 Å². The van der Waals surface area contributed by atoms with Gasteiger partial charge in [-0.2, -0.15) is 0 Å². The van der Waals surface area contributed by atoms with Crippen LogP contribution in [0.4, 0.5) is 4.79 Å². The van der Waals surface area contributed by atoms with Gasteiger partial charge in [0.15, 0.2) is 5.78 Å². The number of cyclic esters (lactones) is 1. The van der Waals surface area contributed by atoms with Crippen molar-refractivity contribution in [2.24, 2.45) is 22.7 Å². The largest absolute Gasteiger partial charge is 0.466 e. The van der Waals surface area contributed by atoms with E-state index in [1.807, 2.05) is 19.1 Å². The Morgan fingerprint density at radius 2 is 1.72 bits per heavy atom. The van der Waals surface area contributed by atoms with Crippen LogP contribution in [0.5, 0.6) is 0 Å². The number of carbonyl (C=O) groups is 5. The molecule has 3 heterocycles. The maximum atomic E-state index is 14.9. The van der Waals surface area contributed by atoms with E-state index in [0.717, 1.165) is 62.5 Å². The third kappa shape index (κ3) is 7.87. The molecule has 13 heteroatoms. The molecule has 1 N–H and O–H groups in total. The van der Waals surface area contributed by atoms with Gasteiger partial charge in [-0.25, -0.2) is 13.2 Å². The highest BCUT2D eigenvalue weighted by Gasteiger charge is 2.62. The molecule has 0 spiro atoms. The molecule has 5 atom stereocenters. The van der Waals surface area contributed by atoms with Gasteiger partial charge in [0.05, 0.1) is 42.2 Å². The highest BCUT2D eigenvalue weighted by Crippen LogP contribution is 2.58. The Morgan fingerprint density at radius 1 is 0.981 bits per heavy atom. The zero-order chi connectivity index (χ0) is 37.5. The van der Waals surface area contributed by atoms with Gasteiger partial charge < -0.3 is 14.4 Å². The predicted molar refractivity (Wildman–Crippen MR) is 194 cm³/mol. The summed E-state index contributed by atoms with van der Waals surface area (Å²) < 4.78 is 39.6. The van der Waals surface area contributed by atoms with E-state index in [9.17, 15) is 32.4 Å². The summed E-state index contributed by atoms with van der Waals surface area (Å²) >= 11 is 0. The third-order valence-corrected chi connectivity index (χ3v) is 15.1. The number of aryl methyl sites for hydroxylation is 1. The normalized spacial score (nSPS) is 30.8. The average molecular weight is 754 g/mol. The molecule has 1 aromatic carbocycles. The lowest BCUT2D eigenvalue weighted by molar-refractivity contribution is -0.155. The van der Waals surface area contributed by atoms with Gasteiger partial charge in [0.1, 0.15) is 6.10 Å². The van der Waals surface area contributed by atoms with E-state index in [4.69, 9.17) is 9.47 Å². The Labute approximate surface area is 313 Å². The molecule has 3 aliphatic heterocycles. The minimum Gasteiger partial charge on any atom is -0.466 e. The Morgan fingerprint density at radius 3 is 2.43 bits per heavy atom. The van der Waals surface area contributed by atoms with Crippen molar-refractivity contribution in [1.82, 2.24) is 14.5 Å². The molecule has 1 saturated heterocycles. The van der Waals surface area contributed by atoms with Crippen molar-refractivity contribution in [3.05, 3.63) is 34.9 Å². The minimum atomic E-state index is -3.82. The summed E-state index contributed by atoms with van der Waals surface area (Å²) in [5, 5.41) is -0.584. The zero-order valence-electron chi connectivity index (χ0n) is 31.2. The number of Topliss-reactive ketones (excluding diaryl/α,β-unsaturated/α-hetero) is 1. The molecule has 290 valence electrons. The van der Waals surface area contributed by atoms with Crippen LogP contribution in [0.3, 0.4) is 0 Å². The summed E-state index contributed by atoms with van der Waals surface area (Å²) in [7, 11) is -3.82. The van der Waals surface area contributed by atoms with Crippen LogP contribution in [0.15, 0.2) is 18.2 Å². The van der Waals surface area contributed by atoms with Crippen molar-refractivity contribution in [3.63, 3.8) is 0 Å². The lowest BCUT2D eigenvalue weighted by Crippen LogP contribution is -2.50. The highest BCUT2D eigenvalue weighted by atomic mass is 32.2. The van der Waals surface area contributed by atoms with Crippen molar-refractivity contribution in [1.29, 1.82) is 0 Å². The van der Waals surface area contributed by atoms with E-state index in [1.54, 1.807) is 4.90 Å². The van der Waals surface area contributed by atoms with Crippen LogP contribution in [-0.2, 0) is 58.2 Å². The second-order valence-electron chi connectivity index (χ2n) is 16.9. The molecule has 7 rings (SSSR count). The monoisotopic (exact) mass is 753 g/mol. The average Bonchev–Trinajstić information content (AvgIpc) is 4.02. The Balaban J connectivity index is 1.17. The van der Waals surface area contributed by atoms with Crippen molar-refractivity contribution in [3.8, 4) is 0 Å². The lowest BCUT2D eigenvalue weighted by Gasteiger charge is -2.42. The van der Waals surface area contributed by atoms with Crippen LogP contribution in [0.1, 0.15) is 127 Å². The topological polar surface area (TPSA) is 156 Å². The van der Waals surface area contributed by atoms with Crippen molar-refractivity contribution in [2.45, 2.75) is 147 Å². The van der Waals surface area contributed by atoms with Crippen LogP contribution in [0.25, 0.3) is 0 Å². The second-order valence-corrected chi connectivity index (χ2v) is 18.9. The van der Waals surface area contributed by atoms with Crippen molar-refractivity contribution >= 4 is 39.7 Å². The number of ketones is 1.